The zero-order chi connectivity index (χ0) is 21.9. The highest BCUT2D eigenvalue weighted by atomic mass is 16.3. The summed E-state index contributed by atoms with van der Waals surface area (Å²) in [6, 6.07) is 15.2. The number of nitrogens with zero attached hydrogens (tertiary/aromatic N) is 3. The molecule has 0 aliphatic carbocycles. The van der Waals surface area contributed by atoms with Gasteiger partial charge in [0.2, 0.25) is 0 Å². The summed E-state index contributed by atoms with van der Waals surface area (Å²) < 4.78 is 7.16. The van der Waals surface area contributed by atoms with Crippen molar-refractivity contribution < 1.29 is 14.0 Å². The van der Waals surface area contributed by atoms with E-state index in [-0.39, 0.29) is 11.8 Å². The summed E-state index contributed by atoms with van der Waals surface area (Å²) in [5.74, 6) is 0.628. The van der Waals surface area contributed by atoms with Crippen LogP contribution in [0.1, 0.15) is 50.8 Å². The fourth-order valence-corrected chi connectivity index (χ4v) is 4.23. The van der Waals surface area contributed by atoms with Gasteiger partial charge in [-0.2, -0.15) is 0 Å². The number of carbonyl (C=O) groups excluding carboxylic acids is 2. The Balaban J connectivity index is 1.15. The van der Waals surface area contributed by atoms with Crippen LogP contribution in [0.2, 0.25) is 0 Å². The Kier molecular flexibility index (Phi) is 5.46. The number of benzene rings is 1. The molecule has 2 amide bonds. The number of piperidine rings is 1. The summed E-state index contributed by atoms with van der Waals surface area (Å²) in [7, 11) is 0. The van der Waals surface area contributed by atoms with Crippen LogP contribution in [-0.2, 0) is 6.54 Å². The van der Waals surface area contributed by atoms with Gasteiger partial charge in [0.15, 0.2) is 5.76 Å². The normalized spacial score (nSPS) is 14.6. The number of pyridine rings is 1. The number of nitrogens with one attached hydrogen (secondary N) is 1. The lowest BCUT2D eigenvalue weighted by molar-refractivity contribution is 0.0680. The monoisotopic (exact) mass is 428 g/mol. The molecule has 1 aromatic carbocycles. The van der Waals surface area contributed by atoms with E-state index in [0.717, 1.165) is 24.1 Å². The zero-order valence-electron chi connectivity index (χ0n) is 17.6. The molecule has 4 aromatic rings. The molecule has 0 radical (unpaired) electrons. The Bertz CT molecular complexity index is 1220. The number of likely N-dealkylation sites (tertiary alicyclic amines) is 1. The second kappa shape index (κ2) is 8.70. The van der Waals surface area contributed by atoms with Crippen molar-refractivity contribution in [2.75, 3.05) is 13.1 Å². The molecule has 32 heavy (non-hydrogen) atoms. The zero-order valence-corrected chi connectivity index (χ0v) is 17.6. The predicted octanol–water partition coefficient (Wildman–Crippen LogP) is 3.88. The van der Waals surface area contributed by atoms with Crippen molar-refractivity contribution >= 4 is 17.5 Å². The van der Waals surface area contributed by atoms with Gasteiger partial charge in [-0.3, -0.25) is 9.59 Å². The van der Waals surface area contributed by atoms with Gasteiger partial charge in [0, 0.05) is 43.8 Å². The molecule has 0 unspecified atom stereocenters. The number of furan rings is 1. The third kappa shape index (κ3) is 4.14. The highest BCUT2D eigenvalue weighted by Crippen LogP contribution is 2.29. The van der Waals surface area contributed by atoms with E-state index in [1.54, 1.807) is 18.3 Å². The number of fused-ring (bicyclic) bond motifs is 1. The van der Waals surface area contributed by atoms with Crippen molar-refractivity contribution in [3.63, 3.8) is 0 Å². The largest absolute Gasteiger partial charge is 0.459 e. The first-order valence-corrected chi connectivity index (χ1v) is 10.8. The molecule has 0 bridgehead atoms. The van der Waals surface area contributed by atoms with Crippen LogP contribution in [0.5, 0.6) is 0 Å². The Morgan fingerprint density at radius 1 is 1.06 bits per heavy atom. The highest BCUT2D eigenvalue weighted by molar-refractivity contribution is 5.94. The molecule has 0 atom stereocenters. The molecule has 0 spiro atoms. The number of hydrogen-bond donors (Lipinski definition) is 1. The average molecular weight is 428 g/mol. The molecule has 7 nitrogen and oxygen atoms in total. The van der Waals surface area contributed by atoms with Gasteiger partial charge in [-0.1, -0.05) is 12.1 Å². The number of hydrogen-bond acceptors (Lipinski definition) is 4. The van der Waals surface area contributed by atoms with Crippen LogP contribution in [0, 0.1) is 0 Å². The topological polar surface area (TPSA) is 79.9 Å². The van der Waals surface area contributed by atoms with Gasteiger partial charge in [-0.05, 0) is 66.3 Å². The minimum absolute atomic E-state index is 0.0487. The van der Waals surface area contributed by atoms with Crippen molar-refractivity contribution in [2.45, 2.75) is 25.3 Å². The first-order valence-electron chi connectivity index (χ1n) is 10.8. The SMILES string of the molecule is O=C(NCc1ccn2ccnc2c1)c1ccc(C2CCN(C(=O)c3ccco3)CC2)cc1. The lowest BCUT2D eigenvalue weighted by atomic mass is 9.89. The lowest BCUT2D eigenvalue weighted by Crippen LogP contribution is -2.37. The number of carbonyl (C=O) groups is 2. The average Bonchev–Trinajstić information content (AvgIpc) is 3.54. The van der Waals surface area contributed by atoms with Crippen LogP contribution in [0.3, 0.4) is 0 Å². The fourth-order valence-electron chi connectivity index (χ4n) is 4.23. The first-order chi connectivity index (χ1) is 15.7. The Morgan fingerprint density at radius 3 is 2.62 bits per heavy atom. The van der Waals surface area contributed by atoms with Gasteiger partial charge < -0.3 is 19.0 Å². The molecule has 162 valence electrons. The van der Waals surface area contributed by atoms with Gasteiger partial charge >= 0.3 is 0 Å². The molecule has 1 N–H and O–H groups in total. The summed E-state index contributed by atoms with van der Waals surface area (Å²) in [5, 5.41) is 2.97. The summed E-state index contributed by atoms with van der Waals surface area (Å²) >= 11 is 0. The quantitative estimate of drug-likeness (QED) is 0.523. The van der Waals surface area contributed by atoms with Gasteiger partial charge in [0.1, 0.15) is 5.65 Å². The maximum Gasteiger partial charge on any atom is 0.289 e. The highest BCUT2D eigenvalue weighted by Gasteiger charge is 2.25. The molecule has 1 aliphatic heterocycles. The predicted molar refractivity (Wildman–Crippen MR) is 119 cm³/mol. The summed E-state index contributed by atoms with van der Waals surface area (Å²) in [6.07, 6.45) is 8.89. The Morgan fingerprint density at radius 2 is 1.88 bits per heavy atom. The lowest BCUT2D eigenvalue weighted by Gasteiger charge is -2.31. The van der Waals surface area contributed by atoms with E-state index in [4.69, 9.17) is 4.42 Å². The number of imidazole rings is 1. The van der Waals surface area contributed by atoms with Crippen LogP contribution >= 0.6 is 0 Å². The molecular weight excluding hydrogens is 404 g/mol. The van der Waals surface area contributed by atoms with Crippen molar-refractivity contribution in [3.05, 3.63) is 95.8 Å². The Labute approximate surface area is 185 Å². The molecule has 4 heterocycles. The van der Waals surface area contributed by atoms with Gasteiger partial charge in [-0.15, -0.1) is 0 Å². The van der Waals surface area contributed by atoms with Gasteiger partial charge in [-0.25, -0.2) is 4.98 Å². The van der Waals surface area contributed by atoms with Crippen LogP contribution in [0.4, 0.5) is 0 Å². The number of aromatic nitrogens is 2. The van der Waals surface area contributed by atoms with Crippen LogP contribution in [0.15, 0.2) is 77.8 Å². The van der Waals surface area contributed by atoms with Gasteiger partial charge in [0.05, 0.1) is 6.26 Å². The minimum atomic E-state index is -0.0985. The van der Waals surface area contributed by atoms with E-state index in [9.17, 15) is 9.59 Å². The molecule has 3 aromatic heterocycles. The number of amides is 2. The van der Waals surface area contributed by atoms with Crippen molar-refractivity contribution in [1.82, 2.24) is 19.6 Å². The van der Waals surface area contributed by atoms with Crippen molar-refractivity contribution in [3.8, 4) is 0 Å². The first kappa shape index (κ1) is 20.1. The second-order valence-corrected chi connectivity index (χ2v) is 8.08. The summed E-state index contributed by atoms with van der Waals surface area (Å²) in [6.45, 7) is 1.85. The molecule has 1 saturated heterocycles. The fraction of sp³-hybridized carbons (Fsp3) is 0.240. The van der Waals surface area contributed by atoms with Gasteiger partial charge in [0.25, 0.3) is 11.8 Å². The third-order valence-electron chi connectivity index (χ3n) is 6.07. The maximum absolute atomic E-state index is 12.6. The smallest absolute Gasteiger partial charge is 0.289 e. The van der Waals surface area contributed by atoms with E-state index >= 15 is 0 Å². The minimum Gasteiger partial charge on any atom is -0.459 e. The molecule has 1 fully saturated rings. The molecule has 7 heteroatoms. The van der Waals surface area contributed by atoms with Crippen LogP contribution < -0.4 is 5.32 Å². The second-order valence-electron chi connectivity index (χ2n) is 8.08. The van der Waals surface area contributed by atoms with Crippen LogP contribution in [0.25, 0.3) is 5.65 Å². The number of rotatable bonds is 5. The molecule has 5 rings (SSSR count). The molecular formula is C25H24N4O3. The van der Waals surface area contributed by atoms with Crippen molar-refractivity contribution in [2.24, 2.45) is 0 Å². The van der Waals surface area contributed by atoms with Crippen molar-refractivity contribution in [1.29, 1.82) is 0 Å². The molecule has 1 aliphatic rings. The van der Waals surface area contributed by atoms with Crippen LogP contribution in [-0.4, -0.2) is 39.2 Å². The van der Waals surface area contributed by atoms with E-state index < -0.39 is 0 Å². The maximum atomic E-state index is 12.6. The standard InChI is InChI=1S/C25H24N4O3/c30-24(27-17-18-7-11-28-14-10-26-23(28)16-18)21-5-3-19(4-6-21)20-8-12-29(13-9-20)25(31)22-2-1-15-32-22/h1-7,10-11,14-16,20H,8-9,12-13,17H2,(H,27,30). The Hall–Kier alpha value is -3.87. The third-order valence-corrected chi connectivity index (χ3v) is 6.07. The van der Waals surface area contributed by atoms with E-state index in [0.29, 0.717) is 36.9 Å². The summed E-state index contributed by atoms with van der Waals surface area (Å²) in [4.78, 5) is 31.1. The molecule has 0 saturated carbocycles. The summed E-state index contributed by atoms with van der Waals surface area (Å²) in [5.41, 5.74) is 3.71. The van der Waals surface area contributed by atoms with E-state index in [1.807, 2.05) is 58.1 Å². The van der Waals surface area contributed by atoms with E-state index in [2.05, 4.69) is 10.3 Å². The van der Waals surface area contributed by atoms with E-state index in [1.165, 1.54) is 11.8 Å².